The Hall–Kier alpha value is -2.91. The Kier molecular flexibility index (Phi) is 4.43. The predicted molar refractivity (Wildman–Crippen MR) is 90.3 cm³/mol. The number of aromatic nitrogens is 3. The Morgan fingerprint density at radius 3 is 2.44 bits per heavy atom. The summed E-state index contributed by atoms with van der Waals surface area (Å²) in [5, 5.41) is 2.27. The summed E-state index contributed by atoms with van der Waals surface area (Å²) >= 11 is 5.98. The van der Waals surface area contributed by atoms with E-state index in [-0.39, 0.29) is 27.0 Å². The van der Waals surface area contributed by atoms with E-state index >= 15 is 0 Å². The van der Waals surface area contributed by atoms with E-state index in [2.05, 4.69) is 10.1 Å². The Balaban J connectivity index is 1.87. The highest BCUT2D eigenvalue weighted by molar-refractivity contribution is 7.90. The van der Waals surface area contributed by atoms with Crippen LogP contribution in [0.3, 0.4) is 0 Å². The number of hydrogen-bond donors (Lipinski definition) is 2. The molecule has 0 saturated carbocycles. The SMILES string of the molecule is O=C(NS(=O)(=O)c1ccccc1)c1ccc(-n2ccc(=O)[nH]2)nc1Cl. The maximum Gasteiger partial charge on any atom is 0.268 e. The molecule has 0 saturated heterocycles. The van der Waals surface area contributed by atoms with Crippen molar-refractivity contribution in [2.75, 3.05) is 0 Å². The molecule has 0 fully saturated rings. The van der Waals surface area contributed by atoms with Crippen LogP contribution in [0.25, 0.3) is 5.82 Å². The molecule has 0 aliphatic carbocycles. The molecule has 0 radical (unpaired) electrons. The van der Waals surface area contributed by atoms with Crippen LogP contribution in [0.15, 0.2) is 64.4 Å². The number of rotatable bonds is 4. The Morgan fingerprint density at radius 2 is 1.84 bits per heavy atom. The van der Waals surface area contributed by atoms with Gasteiger partial charge >= 0.3 is 0 Å². The van der Waals surface area contributed by atoms with Crippen molar-refractivity contribution in [3.05, 3.63) is 75.8 Å². The van der Waals surface area contributed by atoms with Crippen LogP contribution in [0, 0.1) is 0 Å². The van der Waals surface area contributed by atoms with Crippen molar-refractivity contribution in [2.45, 2.75) is 4.90 Å². The average molecular weight is 379 g/mol. The van der Waals surface area contributed by atoms with E-state index in [1.807, 2.05) is 4.72 Å². The van der Waals surface area contributed by atoms with Crippen molar-refractivity contribution in [3.63, 3.8) is 0 Å². The third kappa shape index (κ3) is 3.62. The maximum atomic E-state index is 12.2. The quantitative estimate of drug-likeness (QED) is 0.665. The van der Waals surface area contributed by atoms with Crippen LogP contribution in [0.2, 0.25) is 5.15 Å². The summed E-state index contributed by atoms with van der Waals surface area (Å²) in [6.07, 6.45) is 1.45. The zero-order valence-corrected chi connectivity index (χ0v) is 14.1. The molecule has 3 rings (SSSR count). The zero-order valence-electron chi connectivity index (χ0n) is 12.5. The maximum absolute atomic E-state index is 12.2. The molecular weight excluding hydrogens is 368 g/mol. The van der Waals surface area contributed by atoms with Gasteiger partial charge in [-0.05, 0) is 24.3 Å². The van der Waals surface area contributed by atoms with Crippen molar-refractivity contribution in [3.8, 4) is 5.82 Å². The highest BCUT2D eigenvalue weighted by Gasteiger charge is 2.21. The molecule has 0 atom stereocenters. The van der Waals surface area contributed by atoms with Crippen LogP contribution in [-0.2, 0) is 10.0 Å². The number of sulfonamides is 1. The number of aromatic amines is 1. The van der Waals surface area contributed by atoms with Crippen LogP contribution >= 0.6 is 11.6 Å². The number of nitrogens with one attached hydrogen (secondary N) is 2. The van der Waals surface area contributed by atoms with Gasteiger partial charge in [0.15, 0.2) is 5.82 Å². The highest BCUT2D eigenvalue weighted by Crippen LogP contribution is 2.17. The first-order valence-corrected chi connectivity index (χ1v) is 8.80. The summed E-state index contributed by atoms with van der Waals surface area (Å²) in [6, 6.07) is 11.5. The number of benzene rings is 1. The monoisotopic (exact) mass is 378 g/mol. The number of amides is 1. The van der Waals surface area contributed by atoms with Crippen LogP contribution < -0.4 is 10.3 Å². The molecule has 8 nitrogen and oxygen atoms in total. The number of hydrogen-bond acceptors (Lipinski definition) is 5. The van der Waals surface area contributed by atoms with Gasteiger partial charge in [-0.15, -0.1) is 0 Å². The van der Waals surface area contributed by atoms with E-state index in [0.717, 1.165) is 0 Å². The number of nitrogens with zero attached hydrogens (tertiary/aromatic N) is 2. The van der Waals surface area contributed by atoms with Gasteiger partial charge in [0.1, 0.15) is 5.15 Å². The highest BCUT2D eigenvalue weighted by atomic mass is 35.5. The first-order valence-electron chi connectivity index (χ1n) is 6.93. The lowest BCUT2D eigenvalue weighted by atomic mass is 10.3. The molecule has 2 N–H and O–H groups in total. The predicted octanol–water partition coefficient (Wildman–Crippen LogP) is 1.33. The molecule has 128 valence electrons. The molecule has 0 aliphatic rings. The molecular formula is C15H11ClN4O4S. The number of halogens is 1. The largest absolute Gasteiger partial charge is 0.268 e. The van der Waals surface area contributed by atoms with E-state index in [4.69, 9.17) is 11.6 Å². The molecule has 10 heteroatoms. The summed E-state index contributed by atoms with van der Waals surface area (Å²) in [4.78, 5) is 27.3. The summed E-state index contributed by atoms with van der Waals surface area (Å²) in [5.41, 5.74) is -0.437. The first kappa shape index (κ1) is 16.9. The molecule has 0 spiro atoms. The standard InChI is InChI=1S/C15H11ClN4O4S/c16-14-11(6-7-12(17-14)20-9-8-13(21)18-20)15(22)19-25(23,24)10-4-2-1-3-5-10/h1-9H,(H,18,21)(H,19,22). The molecule has 0 aliphatic heterocycles. The Bertz CT molecular complexity index is 1090. The van der Waals surface area contributed by atoms with Gasteiger partial charge in [-0.1, -0.05) is 29.8 Å². The fourth-order valence-corrected chi connectivity index (χ4v) is 3.26. The summed E-state index contributed by atoms with van der Waals surface area (Å²) in [6.45, 7) is 0. The fourth-order valence-electron chi connectivity index (χ4n) is 2.03. The average Bonchev–Trinajstić information content (AvgIpc) is 3.01. The topological polar surface area (TPSA) is 114 Å². The van der Waals surface area contributed by atoms with Crippen LogP contribution in [-0.4, -0.2) is 29.1 Å². The minimum Gasteiger partial charge on any atom is -0.268 e. The zero-order chi connectivity index (χ0) is 18.0. The fraction of sp³-hybridized carbons (Fsp3) is 0. The second kappa shape index (κ2) is 6.54. The van der Waals surface area contributed by atoms with Crippen molar-refractivity contribution in [2.24, 2.45) is 0 Å². The van der Waals surface area contributed by atoms with Crippen molar-refractivity contribution >= 4 is 27.5 Å². The molecule has 2 aromatic heterocycles. The first-order chi connectivity index (χ1) is 11.9. The van der Waals surface area contributed by atoms with Crippen molar-refractivity contribution in [1.82, 2.24) is 19.5 Å². The van der Waals surface area contributed by atoms with Crippen molar-refractivity contribution in [1.29, 1.82) is 0 Å². The number of carbonyl (C=O) groups excluding carboxylic acids is 1. The van der Waals surface area contributed by atoms with E-state index in [9.17, 15) is 18.0 Å². The minimum atomic E-state index is -4.02. The number of pyridine rings is 1. The number of carbonyl (C=O) groups is 1. The van der Waals surface area contributed by atoms with Gasteiger partial charge in [-0.2, -0.15) is 0 Å². The molecule has 3 aromatic rings. The Morgan fingerprint density at radius 1 is 1.12 bits per heavy atom. The van der Waals surface area contributed by atoms with E-state index in [1.54, 1.807) is 18.2 Å². The summed E-state index contributed by atoms with van der Waals surface area (Å²) < 4.78 is 27.6. The number of H-pyrrole nitrogens is 1. The van der Waals surface area contributed by atoms with Crippen LogP contribution in [0.1, 0.15) is 10.4 Å². The molecule has 1 amide bonds. The normalized spacial score (nSPS) is 11.2. The molecule has 1 aromatic carbocycles. The lowest BCUT2D eigenvalue weighted by Crippen LogP contribution is -2.31. The van der Waals surface area contributed by atoms with Crippen LogP contribution in [0.4, 0.5) is 0 Å². The van der Waals surface area contributed by atoms with Gasteiger partial charge in [0.05, 0.1) is 10.5 Å². The second-order valence-corrected chi connectivity index (χ2v) is 6.96. The minimum absolute atomic E-state index is 0.0473. The van der Waals surface area contributed by atoms with Crippen molar-refractivity contribution < 1.29 is 13.2 Å². The molecule has 25 heavy (non-hydrogen) atoms. The van der Waals surface area contributed by atoms with Gasteiger partial charge in [-0.3, -0.25) is 14.7 Å². The summed E-state index contributed by atoms with van der Waals surface area (Å²) in [5.74, 6) is -0.636. The lowest BCUT2D eigenvalue weighted by Gasteiger charge is -2.09. The van der Waals surface area contributed by atoms with Crippen LogP contribution in [0.5, 0.6) is 0 Å². The van der Waals surface area contributed by atoms with Gasteiger partial charge in [0.2, 0.25) is 0 Å². The molecule has 0 unspecified atom stereocenters. The van der Waals surface area contributed by atoms with Gasteiger partial charge in [0.25, 0.3) is 21.5 Å². The summed E-state index contributed by atoms with van der Waals surface area (Å²) in [7, 11) is -4.02. The Labute approximate surface area is 147 Å². The van der Waals surface area contributed by atoms with E-state index in [1.165, 1.54) is 41.2 Å². The van der Waals surface area contributed by atoms with E-state index < -0.39 is 15.9 Å². The molecule has 0 bridgehead atoms. The third-order valence-corrected chi connectivity index (χ3v) is 4.85. The second-order valence-electron chi connectivity index (χ2n) is 4.92. The third-order valence-electron chi connectivity index (χ3n) is 3.21. The van der Waals surface area contributed by atoms with E-state index in [0.29, 0.717) is 0 Å². The van der Waals surface area contributed by atoms with Gasteiger partial charge in [0, 0.05) is 12.3 Å². The van der Waals surface area contributed by atoms with Gasteiger partial charge < -0.3 is 0 Å². The lowest BCUT2D eigenvalue weighted by molar-refractivity contribution is 0.0981. The smallest absolute Gasteiger partial charge is 0.268 e. The van der Waals surface area contributed by atoms with Gasteiger partial charge in [-0.25, -0.2) is 22.8 Å². The molecule has 2 heterocycles.